The Bertz CT molecular complexity index is 1400. The van der Waals surface area contributed by atoms with Crippen molar-refractivity contribution in [3.63, 3.8) is 0 Å². The Morgan fingerprint density at radius 1 is 1.00 bits per heavy atom. The number of imidazole rings is 1. The first-order valence-corrected chi connectivity index (χ1v) is 11.9. The molecule has 0 amide bonds. The number of para-hydroxylation sites is 2. The van der Waals surface area contributed by atoms with Crippen molar-refractivity contribution < 1.29 is 0 Å². The topological polar surface area (TPSA) is 87.9 Å². The molecular formula is C27H26N8. The Labute approximate surface area is 203 Å². The van der Waals surface area contributed by atoms with Crippen molar-refractivity contribution in [1.82, 2.24) is 34.7 Å². The number of nitrogens with zero attached hydrogens (tertiary/aromatic N) is 7. The zero-order valence-electron chi connectivity index (χ0n) is 19.3. The molecular weight excluding hydrogens is 436 g/mol. The van der Waals surface area contributed by atoms with Crippen LogP contribution in [0.25, 0.3) is 11.0 Å². The second-order valence-electron chi connectivity index (χ2n) is 8.89. The lowest BCUT2D eigenvalue weighted by molar-refractivity contribution is 0.153. The summed E-state index contributed by atoms with van der Waals surface area (Å²) in [5, 5.41) is 11.9. The molecule has 1 atom stereocenters. The molecule has 0 saturated heterocycles. The summed E-state index contributed by atoms with van der Waals surface area (Å²) in [6, 6.07) is 21.2. The summed E-state index contributed by atoms with van der Waals surface area (Å²) in [5.41, 5.74) is 6.90. The maximum absolute atomic E-state index is 4.86. The average molecular weight is 463 g/mol. The van der Waals surface area contributed by atoms with Gasteiger partial charge >= 0.3 is 0 Å². The van der Waals surface area contributed by atoms with Gasteiger partial charge in [-0.2, -0.15) is 5.10 Å². The summed E-state index contributed by atoms with van der Waals surface area (Å²) in [6.45, 7) is 1.53. The van der Waals surface area contributed by atoms with Crippen LogP contribution in [0.5, 0.6) is 0 Å². The number of rotatable bonds is 7. The molecule has 0 radical (unpaired) electrons. The highest BCUT2D eigenvalue weighted by atomic mass is 15.4. The number of aromatic amines is 1. The van der Waals surface area contributed by atoms with Crippen LogP contribution in [-0.2, 0) is 19.5 Å². The van der Waals surface area contributed by atoms with Crippen molar-refractivity contribution in [3.8, 4) is 0 Å². The Kier molecular flexibility index (Phi) is 5.86. The third kappa shape index (κ3) is 4.74. The van der Waals surface area contributed by atoms with Crippen molar-refractivity contribution >= 4 is 17.2 Å². The molecule has 2 aromatic carbocycles. The number of aryl methyl sites for hydroxylation is 1. The highest BCUT2D eigenvalue weighted by Crippen LogP contribution is 2.34. The first kappa shape index (κ1) is 21.4. The smallest absolute Gasteiger partial charge is 0.141 e. The first-order chi connectivity index (χ1) is 17.3. The second kappa shape index (κ2) is 9.60. The molecule has 1 aliphatic rings. The number of pyridine rings is 1. The fourth-order valence-electron chi connectivity index (χ4n) is 4.82. The number of aromatic nitrogens is 6. The fourth-order valence-corrected chi connectivity index (χ4v) is 4.82. The number of fused-ring (bicyclic) bond motifs is 2. The summed E-state index contributed by atoms with van der Waals surface area (Å²) in [7, 11) is 0. The molecule has 6 rings (SSSR count). The molecule has 0 saturated carbocycles. The van der Waals surface area contributed by atoms with Gasteiger partial charge < -0.3 is 4.98 Å². The first-order valence-electron chi connectivity index (χ1n) is 11.9. The number of H-pyrrole nitrogens is 1. The van der Waals surface area contributed by atoms with E-state index in [0.29, 0.717) is 0 Å². The quantitative estimate of drug-likeness (QED) is 0.360. The monoisotopic (exact) mass is 462 g/mol. The summed E-state index contributed by atoms with van der Waals surface area (Å²) in [4.78, 5) is 15.7. The molecule has 1 unspecified atom stereocenters. The molecule has 1 aliphatic carbocycles. The van der Waals surface area contributed by atoms with Crippen LogP contribution >= 0.6 is 0 Å². The molecule has 0 aliphatic heterocycles. The molecule has 3 heterocycles. The van der Waals surface area contributed by atoms with Crippen LogP contribution in [0.3, 0.4) is 0 Å². The molecule has 8 nitrogen and oxygen atoms in total. The van der Waals surface area contributed by atoms with Crippen LogP contribution < -0.4 is 0 Å². The van der Waals surface area contributed by atoms with Crippen LogP contribution in [0, 0.1) is 0 Å². The zero-order valence-corrected chi connectivity index (χ0v) is 19.3. The van der Waals surface area contributed by atoms with E-state index in [4.69, 9.17) is 9.97 Å². The van der Waals surface area contributed by atoms with Crippen LogP contribution in [0.2, 0.25) is 0 Å². The molecule has 1 N–H and O–H groups in total. The normalized spacial score (nSPS) is 15.7. The maximum Gasteiger partial charge on any atom is 0.141 e. The van der Waals surface area contributed by atoms with E-state index in [0.717, 1.165) is 48.4 Å². The minimum Gasteiger partial charge on any atom is -0.341 e. The van der Waals surface area contributed by atoms with E-state index in [1.807, 2.05) is 24.4 Å². The van der Waals surface area contributed by atoms with Crippen LogP contribution in [0.15, 0.2) is 84.6 Å². The summed E-state index contributed by atoms with van der Waals surface area (Å²) in [6.07, 6.45) is 10.2. The van der Waals surface area contributed by atoms with E-state index in [9.17, 15) is 0 Å². The molecule has 174 valence electrons. The van der Waals surface area contributed by atoms with Gasteiger partial charge in [-0.15, -0.1) is 10.2 Å². The van der Waals surface area contributed by atoms with Crippen LogP contribution in [0.1, 0.15) is 47.1 Å². The van der Waals surface area contributed by atoms with E-state index >= 15 is 0 Å². The van der Waals surface area contributed by atoms with Gasteiger partial charge in [-0.05, 0) is 54.2 Å². The van der Waals surface area contributed by atoms with E-state index in [2.05, 4.69) is 67.6 Å². The molecule has 0 spiro atoms. The number of hydrogen-bond donors (Lipinski definition) is 1. The molecule has 8 heteroatoms. The molecule has 3 aromatic heterocycles. The summed E-state index contributed by atoms with van der Waals surface area (Å²) >= 11 is 0. The Balaban J connectivity index is 1.27. The van der Waals surface area contributed by atoms with Crippen LogP contribution in [-0.4, -0.2) is 40.9 Å². The maximum atomic E-state index is 4.86. The largest absolute Gasteiger partial charge is 0.341 e. The SMILES string of the molecule is C(=N\n1cnnc1)/c1ccc(CN(Cc2nc3ccccc3[nH]2)C2CCCc3cccnc32)cc1. The summed E-state index contributed by atoms with van der Waals surface area (Å²) < 4.78 is 1.58. The predicted octanol–water partition coefficient (Wildman–Crippen LogP) is 4.51. The van der Waals surface area contributed by atoms with Gasteiger partial charge in [-0.3, -0.25) is 9.88 Å². The van der Waals surface area contributed by atoms with Gasteiger partial charge in [-0.25, -0.2) is 9.66 Å². The third-order valence-corrected chi connectivity index (χ3v) is 6.51. The highest BCUT2D eigenvalue weighted by molar-refractivity contribution is 5.79. The van der Waals surface area contributed by atoms with Gasteiger partial charge in [0, 0.05) is 12.7 Å². The second-order valence-corrected chi connectivity index (χ2v) is 8.89. The zero-order chi connectivity index (χ0) is 23.5. The molecule has 35 heavy (non-hydrogen) atoms. The molecule has 5 aromatic rings. The number of nitrogens with one attached hydrogen (secondary N) is 1. The van der Waals surface area contributed by atoms with Crippen molar-refractivity contribution in [2.45, 2.75) is 38.4 Å². The van der Waals surface area contributed by atoms with Crippen molar-refractivity contribution in [1.29, 1.82) is 0 Å². The fraction of sp³-hybridized carbons (Fsp3) is 0.222. The minimum atomic E-state index is 0.253. The Morgan fingerprint density at radius 2 is 1.86 bits per heavy atom. The molecule has 0 fully saturated rings. The van der Waals surface area contributed by atoms with Crippen molar-refractivity contribution in [2.75, 3.05) is 0 Å². The van der Waals surface area contributed by atoms with Crippen molar-refractivity contribution in [3.05, 3.63) is 108 Å². The van der Waals surface area contributed by atoms with E-state index in [-0.39, 0.29) is 6.04 Å². The van der Waals surface area contributed by atoms with Gasteiger partial charge in [0.25, 0.3) is 0 Å². The van der Waals surface area contributed by atoms with Gasteiger partial charge in [0.05, 0.1) is 35.5 Å². The predicted molar refractivity (Wildman–Crippen MR) is 135 cm³/mol. The van der Waals surface area contributed by atoms with Gasteiger partial charge in [0.15, 0.2) is 0 Å². The van der Waals surface area contributed by atoms with E-state index in [1.54, 1.807) is 23.5 Å². The third-order valence-electron chi connectivity index (χ3n) is 6.51. The lowest BCUT2D eigenvalue weighted by atomic mass is 9.90. The number of hydrogen-bond acceptors (Lipinski definition) is 6. The lowest BCUT2D eigenvalue weighted by Gasteiger charge is -2.34. The average Bonchev–Trinajstić information content (AvgIpc) is 3.57. The summed E-state index contributed by atoms with van der Waals surface area (Å²) in [5.74, 6) is 0.979. The van der Waals surface area contributed by atoms with E-state index in [1.165, 1.54) is 23.2 Å². The Morgan fingerprint density at radius 3 is 2.71 bits per heavy atom. The Hall–Kier alpha value is -4.17. The van der Waals surface area contributed by atoms with Gasteiger partial charge in [0.2, 0.25) is 0 Å². The van der Waals surface area contributed by atoms with Gasteiger partial charge in [-0.1, -0.05) is 42.5 Å². The highest BCUT2D eigenvalue weighted by Gasteiger charge is 2.28. The van der Waals surface area contributed by atoms with Gasteiger partial charge in [0.1, 0.15) is 18.5 Å². The minimum absolute atomic E-state index is 0.253. The van der Waals surface area contributed by atoms with Crippen molar-refractivity contribution in [2.24, 2.45) is 5.10 Å². The number of benzene rings is 2. The van der Waals surface area contributed by atoms with Crippen LogP contribution in [0.4, 0.5) is 0 Å². The molecule has 0 bridgehead atoms. The lowest BCUT2D eigenvalue weighted by Crippen LogP contribution is -2.31. The standard InChI is InChI=1S/C27H26N8/c1-2-8-24-23(7-1)32-26(33-24)17-34(25-9-3-5-22-6-4-14-28-27(22)25)16-21-12-10-20(11-13-21)15-31-35-18-29-30-19-35/h1-2,4,6-8,10-15,18-19,25H,3,5,9,16-17H2,(H,32,33)/b31-15+. The van der Waals surface area contributed by atoms with E-state index < -0.39 is 0 Å².